The van der Waals surface area contributed by atoms with Gasteiger partial charge in [-0.15, -0.1) is 0 Å². The third-order valence-electron chi connectivity index (χ3n) is 12.4. The molecule has 0 heteroatoms. The van der Waals surface area contributed by atoms with Crippen molar-refractivity contribution in [2.45, 2.75) is 0 Å². The molecule has 58 heavy (non-hydrogen) atoms. The van der Waals surface area contributed by atoms with E-state index in [4.69, 9.17) is 0 Å². The molecule has 0 aromatic heterocycles. The SMILES string of the molecule is c1ccc2cc(-c3ccc(-c4c5ccccc5c(-c5ccc6ccccc6c5)c5ccc(-c6cc7ccc8ccccc8c7c7ccccc67)cc45)cc3)ccc2c1. The predicted molar refractivity (Wildman–Crippen MR) is 251 cm³/mol. The molecule has 0 bridgehead atoms. The average molecular weight is 733 g/mol. The van der Waals surface area contributed by atoms with Crippen LogP contribution in [0.2, 0.25) is 0 Å². The molecule has 0 amide bonds. The van der Waals surface area contributed by atoms with Crippen molar-refractivity contribution in [3.8, 4) is 44.5 Å². The third kappa shape index (κ3) is 5.16. The maximum absolute atomic E-state index is 2.47. The van der Waals surface area contributed by atoms with Gasteiger partial charge in [0.05, 0.1) is 0 Å². The lowest BCUT2D eigenvalue weighted by molar-refractivity contribution is 1.63. The molecule has 0 saturated carbocycles. The Labute approximate surface area is 336 Å². The quantitative estimate of drug-likeness (QED) is 0.125. The standard InChI is InChI=1S/C58H36/c1-3-14-42-33-44(28-23-37(42)11-1)39-21-26-41(27-22-39)56-51-19-9-10-20-52(51)58(46-29-24-38-12-2-4-15-43(38)34-46)53-32-31-45(35-55(53)56)54-36-47-30-25-40-13-5-6-16-48(40)57(47)50-18-8-7-17-49(50)54/h1-36H. The molecule has 0 spiro atoms. The average Bonchev–Trinajstić information content (AvgIpc) is 3.30. The second-order valence-electron chi connectivity index (χ2n) is 15.6. The van der Waals surface area contributed by atoms with E-state index in [9.17, 15) is 0 Å². The highest BCUT2D eigenvalue weighted by Gasteiger charge is 2.19. The van der Waals surface area contributed by atoms with Crippen LogP contribution in [0.4, 0.5) is 0 Å². The minimum absolute atomic E-state index is 1.21. The van der Waals surface area contributed by atoms with Crippen LogP contribution in [0.15, 0.2) is 218 Å². The fraction of sp³-hybridized carbons (Fsp3) is 0. The van der Waals surface area contributed by atoms with Gasteiger partial charge in [-0.25, -0.2) is 0 Å². The number of benzene rings is 12. The van der Waals surface area contributed by atoms with Gasteiger partial charge >= 0.3 is 0 Å². The van der Waals surface area contributed by atoms with Crippen molar-refractivity contribution in [3.63, 3.8) is 0 Å². The summed E-state index contributed by atoms with van der Waals surface area (Å²) in [5.41, 5.74) is 9.88. The van der Waals surface area contributed by atoms with Crippen molar-refractivity contribution < 1.29 is 0 Å². The van der Waals surface area contributed by atoms with Crippen LogP contribution in [0.25, 0.3) is 120 Å². The van der Waals surface area contributed by atoms with Gasteiger partial charge in [-0.1, -0.05) is 194 Å². The van der Waals surface area contributed by atoms with E-state index >= 15 is 0 Å². The van der Waals surface area contributed by atoms with Crippen LogP contribution in [0, 0.1) is 0 Å². The molecule has 0 nitrogen and oxygen atoms in total. The van der Waals surface area contributed by atoms with E-state index in [2.05, 4.69) is 218 Å². The van der Waals surface area contributed by atoms with E-state index in [1.807, 2.05) is 0 Å². The van der Waals surface area contributed by atoms with Gasteiger partial charge in [-0.3, -0.25) is 0 Å². The third-order valence-corrected chi connectivity index (χ3v) is 12.4. The fourth-order valence-corrected chi connectivity index (χ4v) is 9.63. The summed E-state index contributed by atoms with van der Waals surface area (Å²) in [5, 5.41) is 17.7. The summed E-state index contributed by atoms with van der Waals surface area (Å²) < 4.78 is 0. The normalized spacial score (nSPS) is 11.8. The Balaban J connectivity index is 1.13. The van der Waals surface area contributed by atoms with Crippen molar-refractivity contribution in [3.05, 3.63) is 218 Å². The summed E-state index contributed by atoms with van der Waals surface area (Å²) in [4.78, 5) is 0. The van der Waals surface area contributed by atoms with Gasteiger partial charge in [0.1, 0.15) is 0 Å². The van der Waals surface area contributed by atoms with Crippen molar-refractivity contribution in [1.82, 2.24) is 0 Å². The Bertz CT molecular complexity index is 3610. The molecule has 0 radical (unpaired) electrons. The lowest BCUT2D eigenvalue weighted by Gasteiger charge is -2.20. The van der Waals surface area contributed by atoms with E-state index in [-0.39, 0.29) is 0 Å². The summed E-state index contributed by atoms with van der Waals surface area (Å²) in [7, 11) is 0. The van der Waals surface area contributed by atoms with Crippen molar-refractivity contribution >= 4 is 75.4 Å². The highest BCUT2D eigenvalue weighted by molar-refractivity contribution is 6.25. The summed E-state index contributed by atoms with van der Waals surface area (Å²) >= 11 is 0. The summed E-state index contributed by atoms with van der Waals surface area (Å²) in [6, 6.07) is 81.1. The van der Waals surface area contributed by atoms with Gasteiger partial charge in [-0.05, 0) is 144 Å². The number of rotatable bonds is 4. The lowest BCUT2D eigenvalue weighted by Crippen LogP contribution is -1.93. The van der Waals surface area contributed by atoms with Gasteiger partial charge in [0.25, 0.3) is 0 Å². The number of hydrogen-bond donors (Lipinski definition) is 0. The molecule has 0 aliphatic heterocycles. The monoisotopic (exact) mass is 732 g/mol. The molecule has 0 aliphatic rings. The molecule has 0 atom stereocenters. The summed E-state index contributed by atoms with van der Waals surface area (Å²) in [6.07, 6.45) is 0. The Morgan fingerprint density at radius 2 is 0.638 bits per heavy atom. The van der Waals surface area contributed by atoms with E-state index in [1.54, 1.807) is 0 Å². The maximum Gasteiger partial charge on any atom is -0.00261 e. The van der Waals surface area contributed by atoms with E-state index in [0.717, 1.165) is 0 Å². The first-order valence-corrected chi connectivity index (χ1v) is 20.2. The molecule has 0 fully saturated rings. The first-order chi connectivity index (χ1) is 28.7. The zero-order valence-corrected chi connectivity index (χ0v) is 31.8. The van der Waals surface area contributed by atoms with Crippen LogP contribution >= 0.6 is 0 Å². The van der Waals surface area contributed by atoms with Gasteiger partial charge in [0.2, 0.25) is 0 Å². The Morgan fingerprint density at radius 3 is 1.34 bits per heavy atom. The zero-order chi connectivity index (χ0) is 38.2. The predicted octanol–water partition coefficient (Wildman–Crippen LogP) is 16.4. The molecule has 0 unspecified atom stereocenters. The van der Waals surface area contributed by atoms with Crippen molar-refractivity contribution in [2.75, 3.05) is 0 Å². The number of hydrogen-bond acceptors (Lipinski definition) is 0. The Kier molecular flexibility index (Phi) is 7.33. The Morgan fingerprint density at radius 1 is 0.190 bits per heavy atom. The van der Waals surface area contributed by atoms with E-state index in [1.165, 1.54) is 120 Å². The molecule has 12 rings (SSSR count). The highest BCUT2D eigenvalue weighted by Crippen LogP contribution is 2.47. The minimum Gasteiger partial charge on any atom is -0.0616 e. The molecular weight excluding hydrogens is 697 g/mol. The largest absolute Gasteiger partial charge is 0.0616 e. The molecule has 268 valence electrons. The molecule has 0 heterocycles. The van der Waals surface area contributed by atoms with Gasteiger partial charge in [0.15, 0.2) is 0 Å². The second kappa shape index (κ2) is 13.0. The van der Waals surface area contributed by atoms with Crippen molar-refractivity contribution in [1.29, 1.82) is 0 Å². The molecule has 0 N–H and O–H groups in total. The molecule has 12 aromatic rings. The molecule has 0 aliphatic carbocycles. The van der Waals surface area contributed by atoms with Crippen molar-refractivity contribution in [2.24, 2.45) is 0 Å². The van der Waals surface area contributed by atoms with Crippen LogP contribution in [0.3, 0.4) is 0 Å². The van der Waals surface area contributed by atoms with Crippen LogP contribution in [0.5, 0.6) is 0 Å². The van der Waals surface area contributed by atoms with E-state index < -0.39 is 0 Å². The second-order valence-corrected chi connectivity index (χ2v) is 15.6. The zero-order valence-electron chi connectivity index (χ0n) is 31.8. The summed E-state index contributed by atoms with van der Waals surface area (Å²) in [5.74, 6) is 0. The first kappa shape index (κ1) is 32.7. The molecule has 12 aromatic carbocycles. The first-order valence-electron chi connectivity index (χ1n) is 20.2. The van der Waals surface area contributed by atoms with Gasteiger partial charge in [0, 0.05) is 0 Å². The van der Waals surface area contributed by atoms with Crippen LogP contribution in [-0.2, 0) is 0 Å². The molecular formula is C58H36. The lowest BCUT2D eigenvalue weighted by atomic mass is 9.83. The van der Waals surface area contributed by atoms with Gasteiger partial charge in [-0.2, -0.15) is 0 Å². The number of fused-ring (bicyclic) bond motifs is 9. The van der Waals surface area contributed by atoms with E-state index in [0.29, 0.717) is 0 Å². The van der Waals surface area contributed by atoms with Crippen LogP contribution in [-0.4, -0.2) is 0 Å². The highest BCUT2D eigenvalue weighted by atomic mass is 14.2. The van der Waals surface area contributed by atoms with Crippen LogP contribution < -0.4 is 0 Å². The Hall–Kier alpha value is -7.54. The topological polar surface area (TPSA) is 0 Å². The summed E-state index contributed by atoms with van der Waals surface area (Å²) in [6.45, 7) is 0. The smallest absolute Gasteiger partial charge is 0.00261 e. The maximum atomic E-state index is 2.47. The fourth-order valence-electron chi connectivity index (χ4n) is 9.63. The molecule has 0 saturated heterocycles. The van der Waals surface area contributed by atoms with Crippen LogP contribution in [0.1, 0.15) is 0 Å². The van der Waals surface area contributed by atoms with Gasteiger partial charge < -0.3 is 0 Å². The minimum atomic E-state index is 1.21.